The number of hydrogen-bond acceptors (Lipinski definition) is 7. The third-order valence-electron chi connectivity index (χ3n) is 5.77. The summed E-state index contributed by atoms with van der Waals surface area (Å²) in [5, 5.41) is 24.6. The second-order valence-corrected chi connectivity index (χ2v) is 8.65. The van der Waals surface area contributed by atoms with Gasteiger partial charge in [0.25, 0.3) is 5.91 Å². The van der Waals surface area contributed by atoms with E-state index in [0.29, 0.717) is 18.6 Å². The van der Waals surface area contributed by atoms with Crippen molar-refractivity contribution in [2.45, 2.75) is 57.8 Å². The van der Waals surface area contributed by atoms with E-state index in [1.54, 1.807) is 4.90 Å². The standard InChI is InChI=1S/C24H31ClN2O6/c25-23-18-14-17(26-33-16-21(30)27-11-7-5-8-12-27)10-6-3-1-2-4-9-13-32-24(31)22(18)19(28)15-20(23)29/h2,4,15,28-29H,1,3,5-14,16H2/b4-2+,26-17+. The fraction of sp³-hybridized carbons (Fsp3) is 0.542. The highest BCUT2D eigenvalue weighted by Crippen LogP contribution is 2.37. The van der Waals surface area contributed by atoms with Gasteiger partial charge in [0.2, 0.25) is 0 Å². The average molecular weight is 479 g/mol. The largest absolute Gasteiger partial charge is 0.507 e. The van der Waals surface area contributed by atoms with Gasteiger partial charge in [0.1, 0.15) is 17.1 Å². The van der Waals surface area contributed by atoms with Gasteiger partial charge in [0, 0.05) is 25.6 Å². The minimum absolute atomic E-state index is 0.0520. The Morgan fingerprint density at radius 3 is 2.64 bits per heavy atom. The molecular formula is C24H31ClN2O6. The number of cyclic esters (lactones) is 1. The van der Waals surface area contributed by atoms with Gasteiger partial charge in [-0.25, -0.2) is 4.79 Å². The summed E-state index contributed by atoms with van der Waals surface area (Å²) < 4.78 is 5.29. The maximum absolute atomic E-state index is 12.7. The lowest BCUT2D eigenvalue weighted by molar-refractivity contribution is -0.137. The fourth-order valence-electron chi connectivity index (χ4n) is 3.98. The van der Waals surface area contributed by atoms with Crippen LogP contribution in [0.4, 0.5) is 0 Å². The highest BCUT2D eigenvalue weighted by Gasteiger charge is 2.25. The number of ether oxygens (including phenoxy) is 1. The van der Waals surface area contributed by atoms with Crippen LogP contribution in [-0.2, 0) is 20.8 Å². The molecule has 2 N–H and O–H groups in total. The minimum atomic E-state index is -0.726. The lowest BCUT2D eigenvalue weighted by Crippen LogP contribution is -2.37. The number of phenols is 2. The number of hydrogen-bond donors (Lipinski definition) is 2. The highest BCUT2D eigenvalue weighted by atomic mass is 35.5. The Balaban J connectivity index is 1.82. The molecule has 1 fully saturated rings. The Hall–Kier alpha value is -2.74. The summed E-state index contributed by atoms with van der Waals surface area (Å²) in [6.45, 7) is 1.46. The average Bonchev–Trinajstić information content (AvgIpc) is 2.80. The molecule has 3 rings (SSSR count). The van der Waals surface area contributed by atoms with Gasteiger partial charge in [-0.2, -0.15) is 0 Å². The summed E-state index contributed by atoms with van der Waals surface area (Å²) in [5.74, 6) is -1.59. The topological polar surface area (TPSA) is 109 Å². The number of carbonyl (C=O) groups is 2. The van der Waals surface area contributed by atoms with Gasteiger partial charge >= 0.3 is 5.97 Å². The van der Waals surface area contributed by atoms with E-state index in [0.717, 1.165) is 57.7 Å². The van der Waals surface area contributed by atoms with Crippen molar-refractivity contribution in [3.63, 3.8) is 0 Å². The van der Waals surface area contributed by atoms with Gasteiger partial charge in [0.15, 0.2) is 6.61 Å². The van der Waals surface area contributed by atoms with Crippen molar-refractivity contribution in [2.24, 2.45) is 5.16 Å². The molecule has 180 valence electrons. The van der Waals surface area contributed by atoms with Crippen LogP contribution in [0.15, 0.2) is 23.4 Å². The normalized spacial score (nSPS) is 20.5. The number of amides is 1. The number of esters is 1. The number of aromatic hydroxyl groups is 2. The zero-order chi connectivity index (χ0) is 23.6. The number of fused-ring (bicyclic) bond motifs is 1. The monoisotopic (exact) mass is 478 g/mol. The Morgan fingerprint density at radius 1 is 1.09 bits per heavy atom. The number of oxime groups is 1. The highest BCUT2D eigenvalue weighted by molar-refractivity contribution is 6.33. The zero-order valence-corrected chi connectivity index (χ0v) is 19.5. The van der Waals surface area contributed by atoms with E-state index in [4.69, 9.17) is 21.2 Å². The summed E-state index contributed by atoms with van der Waals surface area (Å²) >= 11 is 6.31. The summed E-state index contributed by atoms with van der Waals surface area (Å²) in [4.78, 5) is 32.2. The Morgan fingerprint density at radius 2 is 1.85 bits per heavy atom. The molecule has 0 atom stereocenters. The smallest absolute Gasteiger partial charge is 0.342 e. The second-order valence-electron chi connectivity index (χ2n) is 8.27. The zero-order valence-electron chi connectivity index (χ0n) is 18.7. The van der Waals surface area contributed by atoms with Crippen molar-refractivity contribution in [1.29, 1.82) is 0 Å². The van der Waals surface area contributed by atoms with Crippen LogP contribution < -0.4 is 0 Å². The molecule has 0 unspecified atom stereocenters. The van der Waals surface area contributed by atoms with Crippen molar-refractivity contribution in [1.82, 2.24) is 4.90 Å². The number of piperidine rings is 1. The van der Waals surface area contributed by atoms with Crippen LogP contribution >= 0.6 is 11.6 Å². The molecule has 1 saturated heterocycles. The van der Waals surface area contributed by atoms with E-state index < -0.39 is 11.7 Å². The van der Waals surface area contributed by atoms with Crippen LogP contribution in [0.2, 0.25) is 5.02 Å². The molecule has 0 bridgehead atoms. The molecule has 2 aliphatic rings. The molecule has 33 heavy (non-hydrogen) atoms. The number of allylic oxidation sites excluding steroid dienone is 1. The van der Waals surface area contributed by atoms with Crippen molar-refractivity contribution in [3.05, 3.63) is 34.4 Å². The maximum atomic E-state index is 12.7. The van der Waals surface area contributed by atoms with Gasteiger partial charge in [-0.05, 0) is 56.9 Å². The molecular weight excluding hydrogens is 448 g/mol. The molecule has 1 amide bonds. The van der Waals surface area contributed by atoms with E-state index >= 15 is 0 Å². The molecule has 2 aliphatic heterocycles. The Bertz CT molecular complexity index is 909. The Kier molecular flexibility index (Phi) is 9.42. The molecule has 0 saturated carbocycles. The molecule has 0 spiro atoms. The molecule has 0 radical (unpaired) electrons. The summed E-state index contributed by atoms with van der Waals surface area (Å²) in [7, 11) is 0. The number of carbonyl (C=O) groups excluding carboxylic acids is 2. The van der Waals surface area contributed by atoms with Gasteiger partial charge in [0.05, 0.1) is 17.3 Å². The molecule has 9 heteroatoms. The molecule has 0 aromatic heterocycles. The van der Waals surface area contributed by atoms with Gasteiger partial charge < -0.3 is 24.7 Å². The van der Waals surface area contributed by atoms with Gasteiger partial charge in [-0.15, -0.1) is 0 Å². The van der Waals surface area contributed by atoms with E-state index in [-0.39, 0.29) is 47.4 Å². The van der Waals surface area contributed by atoms with Crippen LogP contribution in [0, 0.1) is 0 Å². The number of halogens is 1. The minimum Gasteiger partial charge on any atom is -0.507 e. The first-order valence-corrected chi connectivity index (χ1v) is 11.9. The quantitative estimate of drug-likeness (QED) is 0.379. The first-order valence-electron chi connectivity index (χ1n) is 11.5. The van der Waals surface area contributed by atoms with Crippen LogP contribution in [0.5, 0.6) is 11.5 Å². The molecule has 1 aromatic rings. The van der Waals surface area contributed by atoms with Crippen LogP contribution in [0.1, 0.15) is 67.3 Å². The van der Waals surface area contributed by atoms with Crippen molar-refractivity contribution < 1.29 is 29.4 Å². The SMILES string of the molecule is O=C1OCC/C=C/CCCC/C(=N\OCC(=O)N2CCCCC2)Cc2c(Cl)c(O)cc(O)c21. The molecule has 2 heterocycles. The fourth-order valence-corrected chi connectivity index (χ4v) is 4.20. The maximum Gasteiger partial charge on any atom is 0.342 e. The number of rotatable bonds is 3. The number of benzene rings is 1. The Labute approximate surface area is 198 Å². The summed E-state index contributed by atoms with van der Waals surface area (Å²) in [5.41, 5.74) is 0.677. The predicted octanol–water partition coefficient (Wildman–Crippen LogP) is 4.36. The predicted molar refractivity (Wildman–Crippen MR) is 125 cm³/mol. The van der Waals surface area contributed by atoms with Crippen molar-refractivity contribution in [2.75, 3.05) is 26.3 Å². The number of phenolic OH excluding ortho intramolecular Hbond substituents is 2. The van der Waals surface area contributed by atoms with E-state index in [1.165, 1.54) is 0 Å². The summed E-state index contributed by atoms with van der Waals surface area (Å²) in [6.07, 6.45) is 10.9. The first kappa shape index (κ1) is 24.9. The van der Waals surface area contributed by atoms with Crippen molar-refractivity contribution >= 4 is 29.2 Å². The first-order chi connectivity index (χ1) is 16.0. The van der Waals surface area contributed by atoms with Gasteiger partial charge in [-0.3, -0.25) is 4.79 Å². The van der Waals surface area contributed by atoms with E-state index in [1.807, 2.05) is 12.2 Å². The van der Waals surface area contributed by atoms with E-state index in [2.05, 4.69) is 5.16 Å². The van der Waals surface area contributed by atoms with Crippen LogP contribution in [0.3, 0.4) is 0 Å². The third-order valence-corrected chi connectivity index (χ3v) is 6.19. The van der Waals surface area contributed by atoms with Crippen LogP contribution in [0.25, 0.3) is 0 Å². The van der Waals surface area contributed by atoms with E-state index in [9.17, 15) is 19.8 Å². The lowest BCUT2D eigenvalue weighted by atomic mass is 9.97. The molecule has 1 aromatic carbocycles. The number of nitrogens with zero attached hydrogens (tertiary/aromatic N) is 2. The number of likely N-dealkylation sites (tertiary alicyclic amines) is 1. The third kappa shape index (κ3) is 7.12. The molecule has 8 nitrogen and oxygen atoms in total. The lowest BCUT2D eigenvalue weighted by Gasteiger charge is -2.26. The van der Waals surface area contributed by atoms with Crippen LogP contribution in [-0.4, -0.2) is 59.0 Å². The summed E-state index contributed by atoms with van der Waals surface area (Å²) in [6, 6.07) is 1.02. The van der Waals surface area contributed by atoms with Crippen molar-refractivity contribution in [3.8, 4) is 11.5 Å². The second kappa shape index (κ2) is 12.5. The van der Waals surface area contributed by atoms with Gasteiger partial charge in [-0.1, -0.05) is 28.9 Å². The molecule has 0 aliphatic carbocycles.